The van der Waals surface area contributed by atoms with Crippen LogP contribution >= 0.6 is 11.8 Å². The number of ether oxygens (including phenoxy) is 1. The Morgan fingerprint density at radius 2 is 2.00 bits per heavy atom. The molecule has 0 aromatic rings. The second-order valence-electron chi connectivity index (χ2n) is 9.38. The van der Waals surface area contributed by atoms with Gasteiger partial charge in [-0.1, -0.05) is 20.3 Å². The van der Waals surface area contributed by atoms with Gasteiger partial charge in [-0.15, -0.1) is 0 Å². The molecule has 5 fully saturated rings. The van der Waals surface area contributed by atoms with Crippen molar-refractivity contribution in [2.24, 2.45) is 17.3 Å². The molecule has 3 aliphatic carbocycles. The molecule has 2 aliphatic heterocycles. The number of carbonyl (C=O) groups is 3. The molecule has 0 aromatic heterocycles. The Bertz CT molecular complexity index is 666. The summed E-state index contributed by atoms with van der Waals surface area (Å²) in [5.41, 5.74) is -0.859. The molecule has 2 bridgehead atoms. The summed E-state index contributed by atoms with van der Waals surface area (Å²) >= 11 is 1.89. The molecule has 0 radical (unpaired) electrons. The van der Waals surface area contributed by atoms with Crippen molar-refractivity contribution < 1.29 is 19.1 Å². The SMILES string of the molecule is CC1(C)[C@H]2CC(=O)[C@](C)(OC(=O)CCCC[C@@H]3SC[C@@H]4NC(=O)N[C@H]43)[C@H]1C2. The van der Waals surface area contributed by atoms with Crippen LogP contribution in [0.5, 0.6) is 0 Å². The molecule has 0 aromatic carbocycles. The minimum absolute atomic E-state index is 0.0644. The van der Waals surface area contributed by atoms with E-state index in [2.05, 4.69) is 24.5 Å². The van der Waals surface area contributed by atoms with Crippen LogP contribution in [0, 0.1) is 17.3 Å². The Balaban J connectivity index is 1.22. The molecule has 150 valence electrons. The van der Waals surface area contributed by atoms with E-state index in [1.54, 1.807) is 0 Å². The van der Waals surface area contributed by atoms with E-state index in [0.29, 0.717) is 24.0 Å². The van der Waals surface area contributed by atoms with Gasteiger partial charge in [0.25, 0.3) is 0 Å². The molecule has 6 nitrogen and oxygen atoms in total. The number of thioether (sulfide) groups is 1. The van der Waals surface area contributed by atoms with E-state index in [1.165, 1.54) is 0 Å². The summed E-state index contributed by atoms with van der Waals surface area (Å²) in [6, 6.07) is 0.386. The standard InChI is InChI=1S/C20H30N2O4S/c1-19(2)11-8-14(19)20(3,15(23)9-11)26-16(24)7-5-4-6-13-17-12(10-27-13)21-18(25)22-17/h11-14,17H,4-10H2,1-3H3,(H2,21,22,25)/t11-,12+,13+,14+,17-,20-/m1/s1. The molecule has 7 heteroatoms. The molecule has 27 heavy (non-hydrogen) atoms. The maximum absolute atomic E-state index is 12.5. The summed E-state index contributed by atoms with van der Waals surface area (Å²) in [4.78, 5) is 36.3. The molecule has 3 saturated carbocycles. The first-order valence-corrected chi connectivity index (χ1v) is 11.2. The predicted octanol–water partition coefficient (Wildman–Crippen LogP) is 2.65. The van der Waals surface area contributed by atoms with E-state index in [1.807, 2.05) is 18.7 Å². The highest BCUT2D eigenvalue weighted by atomic mass is 32.2. The van der Waals surface area contributed by atoms with Crippen molar-refractivity contribution in [3.05, 3.63) is 0 Å². The predicted molar refractivity (Wildman–Crippen MR) is 103 cm³/mol. The number of Topliss-reactive ketones (excluding diaryl/α,β-unsaturated/α-hetero) is 1. The van der Waals surface area contributed by atoms with Crippen LogP contribution in [0.3, 0.4) is 0 Å². The Morgan fingerprint density at radius 1 is 1.22 bits per heavy atom. The van der Waals surface area contributed by atoms with Crippen LogP contribution < -0.4 is 10.6 Å². The van der Waals surface area contributed by atoms with E-state index >= 15 is 0 Å². The van der Waals surface area contributed by atoms with Crippen molar-refractivity contribution in [3.8, 4) is 0 Å². The minimum Gasteiger partial charge on any atom is -0.451 e. The zero-order chi connectivity index (χ0) is 19.4. The molecule has 0 unspecified atom stereocenters. The molecular formula is C20H30N2O4S. The van der Waals surface area contributed by atoms with Crippen LogP contribution in [-0.2, 0) is 14.3 Å². The number of esters is 1. The molecule has 5 rings (SSSR count). The summed E-state index contributed by atoms with van der Waals surface area (Å²) in [7, 11) is 0. The minimum atomic E-state index is -0.941. The number of fused-ring (bicyclic) bond motifs is 3. The van der Waals surface area contributed by atoms with Crippen molar-refractivity contribution >= 4 is 29.5 Å². The first kappa shape index (κ1) is 19.1. The van der Waals surface area contributed by atoms with Gasteiger partial charge in [0, 0.05) is 29.8 Å². The highest BCUT2D eigenvalue weighted by Gasteiger charge is 2.65. The van der Waals surface area contributed by atoms with Crippen molar-refractivity contribution in [2.45, 2.75) is 82.2 Å². The molecule has 2 N–H and O–H groups in total. The van der Waals surface area contributed by atoms with Crippen LogP contribution in [0.4, 0.5) is 4.79 Å². The normalized spacial score (nSPS) is 41.4. The molecule has 2 saturated heterocycles. The van der Waals surface area contributed by atoms with Gasteiger partial charge in [-0.25, -0.2) is 4.79 Å². The summed E-state index contributed by atoms with van der Waals surface area (Å²) in [6.07, 6.45) is 4.55. The molecule has 0 spiro atoms. The molecule has 6 atom stereocenters. The third-order valence-corrected chi connectivity index (χ3v) is 9.01. The number of ketones is 1. The average molecular weight is 395 g/mol. The van der Waals surface area contributed by atoms with E-state index in [9.17, 15) is 14.4 Å². The average Bonchev–Trinajstić information content (AvgIpc) is 3.13. The Kier molecular flexibility index (Phi) is 4.72. The maximum atomic E-state index is 12.5. The number of nitrogens with one attached hydrogen (secondary N) is 2. The number of rotatable bonds is 6. The van der Waals surface area contributed by atoms with Gasteiger partial charge in [-0.2, -0.15) is 11.8 Å². The Labute approximate surface area is 164 Å². The second-order valence-corrected chi connectivity index (χ2v) is 10.7. The fourth-order valence-corrected chi connectivity index (χ4v) is 7.13. The van der Waals surface area contributed by atoms with Gasteiger partial charge in [0.15, 0.2) is 11.4 Å². The summed E-state index contributed by atoms with van der Waals surface area (Å²) in [5, 5.41) is 6.35. The van der Waals surface area contributed by atoms with Crippen LogP contribution in [0.1, 0.15) is 59.3 Å². The Morgan fingerprint density at radius 3 is 2.74 bits per heavy atom. The number of unbranched alkanes of at least 4 members (excludes halogenated alkanes) is 1. The van der Waals surface area contributed by atoms with Crippen LogP contribution in [0.2, 0.25) is 0 Å². The fraction of sp³-hybridized carbons (Fsp3) is 0.850. The number of hydrogen-bond donors (Lipinski definition) is 2. The second kappa shape index (κ2) is 6.68. The highest BCUT2D eigenvalue weighted by molar-refractivity contribution is 8.00. The van der Waals surface area contributed by atoms with Crippen molar-refractivity contribution in [3.63, 3.8) is 0 Å². The third-order valence-electron chi connectivity index (χ3n) is 7.50. The quantitative estimate of drug-likeness (QED) is 0.411. The van der Waals surface area contributed by atoms with Crippen molar-refractivity contribution in [2.75, 3.05) is 5.75 Å². The summed E-state index contributed by atoms with van der Waals surface area (Å²) in [6.45, 7) is 6.20. The molecule has 2 heterocycles. The van der Waals surface area contributed by atoms with Gasteiger partial charge < -0.3 is 15.4 Å². The smallest absolute Gasteiger partial charge is 0.315 e. The van der Waals surface area contributed by atoms with Crippen molar-refractivity contribution in [1.29, 1.82) is 0 Å². The highest BCUT2D eigenvalue weighted by Crippen LogP contribution is 2.62. The van der Waals surface area contributed by atoms with Gasteiger partial charge in [-0.05, 0) is 37.5 Å². The molecule has 2 amide bonds. The van der Waals surface area contributed by atoms with Crippen molar-refractivity contribution in [1.82, 2.24) is 10.6 Å². The zero-order valence-electron chi connectivity index (χ0n) is 16.4. The van der Waals surface area contributed by atoms with Gasteiger partial charge >= 0.3 is 12.0 Å². The lowest BCUT2D eigenvalue weighted by atomic mass is 9.44. The number of carbonyl (C=O) groups excluding carboxylic acids is 3. The summed E-state index contributed by atoms with van der Waals surface area (Å²) in [5.74, 6) is 1.38. The fourth-order valence-electron chi connectivity index (χ4n) is 5.59. The maximum Gasteiger partial charge on any atom is 0.315 e. The summed E-state index contributed by atoms with van der Waals surface area (Å²) < 4.78 is 5.77. The van der Waals surface area contributed by atoms with Gasteiger partial charge in [0.2, 0.25) is 0 Å². The van der Waals surface area contributed by atoms with E-state index in [0.717, 1.165) is 31.4 Å². The van der Waals surface area contributed by atoms with Crippen LogP contribution in [0.25, 0.3) is 0 Å². The molecule has 5 aliphatic rings. The monoisotopic (exact) mass is 394 g/mol. The first-order chi connectivity index (χ1) is 12.7. The lowest BCUT2D eigenvalue weighted by molar-refractivity contribution is -0.213. The number of amides is 2. The van der Waals surface area contributed by atoms with Crippen LogP contribution in [-0.4, -0.2) is 46.5 Å². The van der Waals surface area contributed by atoms with Gasteiger partial charge in [0.1, 0.15) is 0 Å². The lowest BCUT2D eigenvalue weighted by Crippen LogP contribution is -2.66. The Hall–Kier alpha value is -1.24. The van der Waals surface area contributed by atoms with E-state index < -0.39 is 5.60 Å². The zero-order valence-corrected chi connectivity index (χ0v) is 17.2. The topological polar surface area (TPSA) is 84.5 Å². The third kappa shape index (κ3) is 3.15. The lowest BCUT2D eigenvalue weighted by Gasteiger charge is -2.62. The largest absolute Gasteiger partial charge is 0.451 e. The van der Waals surface area contributed by atoms with E-state index in [-0.39, 0.29) is 41.2 Å². The van der Waals surface area contributed by atoms with Crippen LogP contribution in [0.15, 0.2) is 0 Å². The van der Waals surface area contributed by atoms with Gasteiger partial charge in [0.05, 0.1) is 12.1 Å². The number of hydrogen-bond acceptors (Lipinski definition) is 5. The van der Waals surface area contributed by atoms with E-state index in [4.69, 9.17) is 4.74 Å². The van der Waals surface area contributed by atoms with Gasteiger partial charge in [-0.3, -0.25) is 9.59 Å². The molecular weight excluding hydrogens is 364 g/mol. The first-order valence-electron chi connectivity index (χ1n) is 10.2. The number of urea groups is 1.